The number of hydrogen-bond donors (Lipinski definition) is 4. The third-order valence-electron chi connectivity index (χ3n) is 9.37. The van der Waals surface area contributed by atoms with E-state index in [4.69, 9.17) is 4.74 Å². The first-order chi connectivity index (χ1) is 16.4. The van der Waals surface area contributed by atoms with Crippen LogP contribution in [-0.2, 0) is 18.3 Å². The van der Waals surface area contributed by atoms with Crippen molar-refractivity contribution >= 4 is 6.08 Å². The zero-order valence-corrected chi connectivity index (χ0v) is 19.1. The van der Waals surface area contributed by atoms with Crippen LogP contribution in [0.3, 0.4) is 0 Å². The van der Waals surface area contributed by atoms with E-state index in [0.717, 1.165) is 29.7 Å². The monoisotopic (exact) mass is 462 g/mol. The molecule has 7 nitrogen and oxygen atoms in total. The third kappa shape index (κ3) is 2.16. The van der Waals surface area contributed by atoms with Gasteiger partial charge in [-0.1, -0.05) is 24.3 Å². The summed E-state index contributed by atoms with van der Waals surface area (Å²) in [6.07, 6.45) is 9.17. The highest BCUT2D eigenvalue weighted by Gasteiger charge is 2.73. The van der Waals surface area contributed by atoms with E-state index in [-0.39, 0.29) is 29.6 Å². The molecule has 1 saturated heterocycles. The molecular weight excluding hydrogens is 432 g/mol. The van der Waals surface area contributed by atoms with Gasteiger partial charge in [-0.25, -0.2) is 0 Å². The molecule has 2 aliphatic heterocycles. The van der Waals surface area contributed by atoms with E-state index >= 15 is 0 Å². The van der Waals surface area contributed by atoms with E-state index < -0.39 is 17.1 Å². The second kappa shape index (κ2) is 6.61. The second-order valence-electron chi connectivity index (χ2n) is 10.6. The average Bonchev–Trinajstić information content (AvgIpc) is 3.31. The number of likely N-dealkylation sites (tertiary alicyclic amines) is 1. The van der Waals surface area contributed by atoms with Crippen LogP contribution in [0.5, 0.6) is 23.3 Å². The number of nitrogens with zero attached hydrogens (tertiary/aromatic N) is 2. The van der Waals surface area contributed by atoms with Gasteiger partial charge in [0, 0.05) is 29.3 Å². The Morgan fingerprint density at radius 2 is 2.03 bits per heavy atom. The molecule has 1 saturated carbocycles. The van der Waals surface area contributed by atoms with Crippen molar-refractivity contribution in [1.29, 1.82) is 0 Å². The van der Waals surface area contributed by atoms with E-state index in [0.29, 0.717) is 50.0 Å². The molecule has 2 aromatic rings. The van der Waals surface area contributed by atoms with E-state index in [1.807, 2.05) is 24.3 Å². The van der Waals surface area contributed by atoms with Crippen molar-refractivity contribution in [2.45, 2.75) is 67.7 Å². The lowest BCUT2D eigenvalue weighted by Gasteiger charge is -2.64. The van der Waals surface area contributed by atoms with Crippen molar-refractivity contribution in [2.24, 2.45) is 0 Å². The number of aromatic nitrogens is 1. The van der Waals surface area contributed by atoms with Crippen molar-refractivity contribution in [3.63, 3.8) is 0 Å². The fourth-order valence-electron chi connectivity index (χ4n) is 8.05. The molecule has 7 rings (SSSR count). The van der Waals surface area contributed by atoms with Gasteiger partial charge in [0.25, 0.3) is 0 Å². The summed E-state index contributed by atoms with van der Waals surface area (Å²) in [4.78, 5) is 2.32. The Morgan fingerprint density at radius 3 is 2.82 bits per heavy atom. The van der Waals surface area contributed by atoms with Gasteiger partial charge in [-0.3, -0.25) is 9.47 Å². The van der Waals surface area contributed by atoms with E-state index in [2.05, 4.69) is 11.5 Å². The Balaban J connectivity index is 1.44. The highest BCUT2D eigenvalue weighted by molar-refractivity contribution is 5.67. The van der Waals surface area contributed by atoms with Gasteiger partial charge in [-0.2, -0.15) is 0 Å². The smallest absolute Gasteiger partial charge is 0.202 e. The van der Waals surface area contributed by atoms with Gasteiger partial charge in [0.2, 0.25) is 5.88 Å². The molecule has 2 fully saturated rings. The maximum absolute atomic E-state index is 12.5. The fraction of sp³-hybridized carbons (Fsp3) is 0.481. The normalized spacial score (nSPS) is 34.9. The van der Waals surface area contributed by atoms with Crippen LogP contribution >= 0.6 is 0 Å². The molecule has 0 radical (unpaired) electrons. The molecule has 3 heterocycles. The molecule has 5 aliphatic rings. The number of rotatable bonds is 3. The highest BCUT2D eigenvalue weighted by atomic mass is 16.5. The van der Waals surface area contributed by atoms with Gasteiger partial charge >= 0.3 is 0 Å². The molecule has 34 heavy (non-hydrogen) atoms. The molecule has 1 spiro atoms. The number of allylic oxidation sites excluding steroid dienone is 1. The predicted molar refractivity (Wildman–Crippen MR) is 126 cm³/mol. The number of benzene rings is 1. The molecule has 0 amide bonds. The number of phenols is 1. The number of ether oxygens (including phenoxy) is 1. The fourth-order valence-corrected chi connectivity index (χ4v) is 8.05. The standard InChI is InChI=1S/C27H30N2O5/c1-2-12-28-13-11-26-21-15-7-8-19(30)22(21)34-23(26)18(9-10-27(26,33)20(28)14-15)29-24(31)16-5-3-4-6-17(16)25(29)32/h2-3,5,7-8,18,20,23,30-33H,1,4,6,9-14H2/t18-,20-,23+,26+,27-/m1/s1. The number of phenolic OH excluding ortho intramolecular Hbond substituents is 1. The maximum Gasteiger partial charge on any atom is 0.202 e. The van der Waals surface area contributed by atoms with Crippen LogP contribution in [0.25, 0.3) is 6.08 Å². The Labute approximate surface area is 198 Å². The first kappa shape index (κ1) is 20.5. The van der Waals surface area contributed by atoms with Crippen molar-refractivity contribution in [1.82, 2.24) is 9.47 Å². The average molecular weight is 463 g/mol. The van der Waals surface area contributed by atoms with Gasteiger partial charge in [-0.15, -0.1) is 6.58 Å². The van der Waals surface area contributed by atoms with E-state index in [1.165, 1.54) is 0 Å². The van der Waals surface area contributed by atoms with Crippen LogP contribution in [-0.4, -0.2) is 60.7 Å². The Kier molecular flexibility index (Phi) is 3.98. The topological polar surface area (TPSA) is 98.3 Å². The first-order valence-electron chi connectivity index (χ1n) is 12.3. The Hall–Kier alpha value is -2.90. The Morgan fingerprint density at radius 1 is 1.18 bits per heavy atom. The summed E-state index contributed by atoms with van der Waals surface area (Å²) in [5, 5.41) is 45.7. The molecular formula is C27H30N2O5. The van der Waals surface area contributed by atoms with Gasteiger partial charge in [0.15, 0.2) is 17.4 Å². The molecule has 1 aromatic carbocycles. The van der Waals surface area contributed by atoms with Crippen molar-refractivity contribution in [3.05, 3.63) is 53.1 Å². The summed E-state index contributed by atoms with van der Waals surface area (Å²) in [5.41, 5.74) is 1.69. The first-order valence-corrected chi connectivity index (χ1v) is 12.3. The van der Waals surface area contributed by atoms with Gasteiger partial charge < -0.3 is 25.2 Å². The summed E-state index contributed by atoms with van der Waals surface area (Å²) in [7, 11) is 0. The molecule has 7 heteroatoms. The van der Waals surface area contributed by atoms with Crippen LogP contribution in [0.4, 0.5) is 0 Å². The number of aromatic hydroxyl groups is 3. The molecule has 3 aliphatic carbocycles. The van der Waals surface area contributed by atoms with Crippen LogP contribution in [0.2, 0.25) is 0 Å². The Bertz CT molecular complexity index is 1260. The summed E-state index contributed by atoms with van der Waals surface area (Å²) in [6.45, 7) is 5.41. The van der Waals surface area contributed by atoms with Crippen LogP contribution in [0.15, 0.2) is 30.9 Å². The van der Waals surface area contributed by atoms with Crippen molar-refractivity contribution in [2.75, 3.05) is 13.1 Å². The van der Waals surface area contributed by atoms with Crippen LogP contribution < -0.4 is 4.74 Å². The minimum absolute atomic E-state index is 0.0516. The zero-order chi connectivity index (χ0) is 23.4. The maximum atomic E-state index is 12.5. The lowest BCUT2D eigenvalue weighted by Crippen LogP contribution is -2.76. The third-order valence-corrected chi connectivity index (χ3v) is 9.37. The number of hydrogen-bond acceptors (Lipinski definition) is 6. The number of fused-ring (bicyclic) bond motifs is 1. The summed E-state index contributed by atoms with van der Waals surface area (Å²) >= 11 is 0. The van der Waals surface area contributed by atoms with Crippen molar-refractivity contribution in [3.8, 4) is 23.3 Å². The second-order valence-corrected chi connectivity index (χ2v) is 10.6. The van der Waals surface area contributed by atoms with Crippen molar-refractivity contribution < 1.29 is 25.2 Å². The molecule has 4 N–H and O–H groups in total. The summed E-state index contributed by atoms with van der Waals surface area (Å²) < 4.78 is 8.20. The zero-order valence-electron chi connectivity index (χ0n) is 19.1. The minimum atomic E-state index is -1.04. The summed E-state index contributed by atoms with van der Waals surface area (Å²) in [5.74, 6) is 0.679. The molecule has 2 bridgehead atoms. The van der Waals surface area contributed by atoms with Gasteiger partial charge in [-0.05, 0) is 56.7 Å². The van der Waals surface area contributed by atoms with Crippen LogP contribution in [0, 0.1) is 0 Å². The molecule has 1 aromatic heterocycles. The molecule has 178 valence electrons. The lowest BCUT2D eigenvalue weighted by molar-refractivity contribution is -0.194. The van der Waals surface area contributed by atoms with E-state index in [9.17, 15) is 20.4 Å². The van der Waals surface area contributed by atoms with Gasteiger partial charge in [0.1, 0.15) is 6.10 Å². The van der Waals surface area contributed by atoms with E-state index in [1.54, 1.807) is 10.6 Å². The van der Waals surface area contributed by atoms with Crippen LogP contribution in [0.1, 0.15) is 54.0 Å². The lowest BCUT2D eigenvalue weighted by atomic mass is 9.48. The summed E-state index contributed by atoms with van der Waals surface area (Å²) in [6, 6.07) is 3.19. The number of aliphatic hydroxyl groups is 1. The molecule has 5 atom stereocenters. The largest absolute Gasteiger partial charge is 0.504 e. The SMILES string of the molecule is C=CCN1CC[C@]23c4c5ccc(O)c4O[C@H]2[C@H](n2c(O)c4c(c2O)CCC=C4)CC[C@@]3(O)[C@H]1C5. The number of piperidine rings is 1. The minimum Gasteiger partial charge on any atom is -0.504 e. The molecule has 0 unspecified atom stereocenters. The highest BCUT2D eigenvalue weighted by Crippen LogP contribution is 2.67. The quantitative estimate of drug-likeness (QED) is 0.523. The van der Waals surface area contributed by atoms with Gasteiger partial charge in [0.05, 0.1) is 17.1 Å². The predicted octanol–water partition coefficient (Wildman–Crippen LogP) is 3.15.